The summed E-state index contributed by atoms with van der Waals surface area (Å²) in [5.74, 6) is 0.239. The molecule has 1 aromatic carbocycles. The molecule has 1 heterocycles. The third kappa shape index (κ3) is 3.53. The Kier molecular flexibility index (Phi) is 4.53. The molecule has 2 atom stereocenters. The Balaban J connectivity index is 1.95. The second-order valence-electron chi connectivity index (χ2n) is 5.42. The fourth-order valence-corrected chi connectivity index (χ4v) is 2.50. The number of rotatable bonds is 3. The van der Waals surface area contributed by atoms with Crippen molar-refractivity contribution in [2.24, 2.45) is 11.8 Å². The molecular weight excluding hydrogens is 243 g/mol. The van der Waals surface area contributed by atoms with E-state index in [9.17, 15) is 9.18 Å². The molecule has 0 radical (unpaired) electrons. The first-order valence-corrected chi connectivity index (χ1v) is 6.83. The standard InChI is InChI=1S/C15H21FN2O/c1-10-3-4-14(16)13(7-10)15(19)18-9-12-5-6-17-8-11(12)2/h3-4,7,11-12,17H,5-6,8-9H2,1-2H3,(H,18,19). The van der Waals surface area contributed by atoms with E-state index in [1.807, 2.05) is 6.92 Å². The van der Waals surface area contributed by atoms with Crippen molar-refractivity contribution in [3.63, 3.8) is 0 Å². The predicted octanol–water partition coefficient (Wildman–Crippen LogP) is 2.11. The highest BCUT2D eigenvalue weighted by atomic mass is 19.1. The predicted molar refractivity (Wildman–Crippen MR) is 73.6 cm³/mol. The second kappa shape index (κ2) is 6.15. The van der Waals surface area contributed by atoms with Gasteiger partial charge in [0.15, 0.2) is 0 Å². The van der Waals surface area contributed by atoms with Crippen LogP contribution in [0, 0.1) is 24.6 Å². The molecule has 1 amide bonds. The first kappa shape index (κ1) is 14.0. The lowest BCUT2D eigenvalue weighted by Gasteiger charge is -2.29. The average Bonchev–Trinajstić information content (AvgIpc) is 2.40. The Hall–Kier alpha value is -1.42. The van der Waals surface area contributed by atoms with Crippen molar-refractivity contribution < 1.29 is 9.18 Å². The Morgan fingerprint density at radius 3 is 3.05 bits per heavy atom. The van der Waals surface area contributed by atoms with E-state index < -0.39 is 5.82 Å². The van der Waals surface area contributed by atoms with Gasteiger partial charge in [-0.25, -0.2) is 4.39 Å². The van der Waals surface area contributed by atoms with E-state index in [2.05, 4.69) is 17.6 Å². The summed E-state index contributed by atoms with van der Waals surface area (Å²) < 4.78 is 13.6. The minimum atomic E-state index is -0.457. The van der Waals surface area contributed by atoms with Crippen LogP contribution in [-0.2, 0) is 0 Å². The molecule has 0 saturated carbocycles. The largest absolute Gasteiger partial charge is 0.352 e. The average molecular weight is 264 g/mol. The maximum atomic E-state index is 13.6. The molecule has 19 heavy (non-hydrogen) atoms. The van der Waals surface area contributed by atoms with Crippen molar-refractivity contribution in [3.8, 4) is 0 Å². The lowest BCUT2D eigenvalue weighted by Crippen LogP contribution is -2.41. The third-order valence-electron chi connectivity index (χ3n) is 3.85. The van der Waals surface area contributed by atoms with Crippen molar-refractivity contribution >= 4 is 5.91 Å². The minimum absolute atomic E-state index is 0.140. The minimum Gasteiger partial charge on any atom is -0.352 e. The van der Waals surface area contributed by atoms with Crippen LogP contribution in [0.15, 0.2) is 18.2 Å². The van der Waals surface area contributed by atoms with Crippen LogP contribution in [0.2, 0.25) is 0 Å². The van der Waals surface area contributed by atoms with E-state index in [0.29, 0.717) is 18.4 Å². The van der Waals surface area contributed by atoms with E-state index >= 15 is 0 Å². The molecule has 2 N–H and O–H groups in total. The number of halogens is 1. The lowest BCUT2D eigenvalue weighted by molar-refractivity contribution is 0.0934. The monoisotopic (exact) mass is 264 g/mol. The van der Waals surface area contributed by atoms with Gasteiger partial charge in [0.25, 0.3) is 5.91 Å². The van der Waals surface area contributed by atoms with Gasteiger partial charge in [0.2, 0.25) is 0 Å². The molecule has 1 aliphatic rings. The number of benzene rings is 1. The number of carbonyl (C=O) groups excluding carboxylic acids is 1. The van der Waals surface area contributed by atoms with E-state index in [4.69, 9.17) is 0 Å². The zero-order valence-corrected chi connectivity index (χ0v) is 11.5. The summed E-state index contributed by atoms with van der Waals surface area (Å²) in [6, 6.07) is 4.61. The Bertz CT molecular complexity index is 461. The molecule has 0 aliphatic carbocycles. The molecule has 104 valence electrons. The first-order chi connectivity index (χ1) is 9.08. The Labute approximate surface area is 113 Å². The van der Waals surface area contributed by atoms with Gasteiger partial charge < -0.3 is 10.6 Å². The van der Waals surface area contributed by atoms with Crippen LogP contribution in [0.5, 0.6) is 0 Å². The van der Waals surface area contributed by atoms with Gasteiger partial charge in [-0.15, -0.1) is 0 Å². The van der Waals surface area contributed by atoms with Gasteiger partial charge in [0, 0.05) is 6.54 Å². The molecule has 1 saturated heterocycles. The summed E-state index contributed by atoms with van der Waals surface area (Å²) in [6.07, 6.45) is 1.05. The quantitative estimate of drug-likeness (QED) is 0.878. The van der Waals surface area contributed by atoms with Gasteiger partial charge >= 0.3 is 0 Å². The maximum Gasteiger partial charge on any atom is 0.254 e. The van der Waals surface area contributed by atoms with E-state index in [1.54, 1.807) is 12.1 Å². The molecule has 1 aromatic rings. The van der Waals surface area contributed by atoms with E-state index in [1.165, 1.54) is 6.07 Å². The molecular formula is C15H21FN2O. The van der Waals surface area contributed by atoms with E-state index in [0.717, 1.165) is 25.1 Å². The molecule has 3 nitrogen and oxygen atoms in total. The fraction of sp³-hybridized carbons (Fsp3) is 0.533. The normalized spacial score (nSPS) is 23.1. The Morgan fingerprint density at radius 1 is 1.53 bits per heavy atom. The van der Waals surface area contributed by atoms with Crippen LogP contribution >= 0.6 is 0 Å². The van der Waals surface area contributed by atoms with Gasteiger partial charge in [-0.2, -0.15) is 0 Å². The van der Waals surface area contributed by atoms with Crippen LogP contribution in [0.25, 0.3) is 0 Å². The number of nitrogens with one attached hydrogen (secondary N) is 2. The van der Waals surface area contributed by atoms with Crippen LogP contribution in [-0.4, -0.2) is 25.5 Å². The molecule has 1 aliphatic heterocycles. The van der Waals surface area contributed by atoms with Gasteiger partial charge in [0.05, 0.1) is 5.56 Å². The highest BCUT2D eigenvalue weighted by Gasteiger charge is 2.22. The topological polar surface area (TPSA) is 41.1 Å². The molecule has 4 heteroatoms. The molecule has 2 unspecified atom stereocenters. The molecule has 0 aromatic heterocycles. The number of piperidine rings is 1. The highest BCUT2D eigenvalue weighted by Crippen LogP contribution is 2.18. The molecule has 0 bridgehead atoms. The van der Waals surface area contributed by atoms with Crippen LogP contribution in [0.1, 0.15) is 29.3 Å². The van der Waals surface area contributed by atoms with Crippen LogP contribution < -0.4 is 10.6 Å². The summed E-state index contributed by atoms with van der Waals surface area (Å²) in [5, 5.41) is 6.19. The summed E-state index contributed by atoms with van der Waals surface area (Å²) in [4.78, 5) is 12.0. The van der Waals surface area contributed by atoms with Crippen LogP contribution in [0.3, 0.4) is 0 Å². The van der Waals surface area contributed by atoms with Crippen molar-refractivity contribution in [2.75, 3.05) is 19.6 Å². The lowest BCUT2D eigenvalue weighted by atomic mass is 9.88. The Morgan fingerprint density at radius 2 is 2.32 bits per heavy atom. The summed E-state index contributed by atoms with van der Waals surface area (Å²) >= 11 is 0. The molecule has 0 spiro atoms. The molecule has 1 fully saturated rings. The first-order valence-electron chi connectivity index (χ1n) is 6.83. The zero-order chi connectivity index (χ0) is 13.8. The number of amides is 1. The second-order valence-corrected chi connectivity index (χ2v) is 5.42. The summed E-state index contributed by atoms with van der Waals surface area (Å²) in [6.45, 7) is 6.62. The van der Waals surface area contributed by atoms with Crippen molar-refractivity contribution in [1.29, 1.82) is 0 Å². The third-order valence-corrected chi connectivity index (χ3v) is 3.85. The smallest absolute Gasteiger partial charge is 0.254 e. The van der Waals surface area contributed by atoms with Crippen molar-refractivity contribution in [1.82, 2.24) is 10.6 Å². The van der Waals surface area contributed by atoms with E-state index in [-0.39, 0.29) is 11.5 Å². The highest BCUT2D eigenvalue weighted by molar-refractivity contribution is 5.94. The zero-order valence-electron chi connectivity index (χ0n) is 11.5. The number of aryl methyl sites for hydroxylation is 1. The van der Waals surface area contributed by atoms with Gasteiger partial charge in [-0.3, -0.25) is 4.79 Å². The number of hydrogen-bond acceptors (Lipinski definition) is 2. The SMILES string of the molecule is Cc1ccc(F)c(C(=O)NCC2CCNCC2C)c1. The fourth-order valence-electron chi connectivity index (χ4n) is 2.50. The van der Waals surface area contributed by atoms with Gasteiger partial charge in [-0.1, -0.05) is 18.6 Å². The maximum absolute atomic E-state index is 13.6. The summed E-state index contributed by atoms with van der Waals surface area (Å²) in [7, 11) is 0. The van der Waals surface area contributed by atoms with Gasteiger partial charge in [0.1, 0.15) is 5.82 Å². The van der Waals surface area contributed by atoms with Gasteiger partial charge in [-0.05, 0) is 50.4 Å². The number of hydrogen-bond donors (Lipinski definition) is 2. The molecule has 2 rings (SSSR count). The van der Waals surface area contributed by atoms with Crippen molar-refractivity contribution in [2.45, 2.75) is 20.3 Å². The van der Waals surface area contributed by atoms with Crippen molar-refractivity contribution in [3.05, 3.63) is 35.1 Å². The van der Waals surface area contributed by atoms with Crippen LogP contribution in [0.4, 0.5) is 4.39 Å². The number of carbonyl (C=O) groups is 1. The summed E-state index contributed by atoms with van der Waals surface area (Å²) in [5.41, 5.74) is 1.03.